The van der Waals surface area contributed by atoms with Gasteiger partial charge in [0.05, 0.1) is 16.5 Å². The van der Waals surface area contributed by atoms with Gasteiger partial charge in [0.15, 0.2) is 9.84 Å². The fourth-order valence-corrected chi connectivity index (χ4v) is 4.53. The lowest BCUT2D eigenvalue weighted by Gasteiger charge is -2.41. The van der Waals surface area contributed by atoms with Crippen LogP contribution in [0.1, 0.15) is 39.5 Å². The van der Waals surface area contributed by atoms with Crippen molar-refractivity contribution in [2.75, 3.05) is 12.3 Å². The van der Waals surface area contributed by atoms with Crippen LogP contribution in [-0.4, -0.2) is 48.4 Å². The molecule has 2 atom stereocenters. The zero-order chi connectivity index (χ0) is 13.6. The van der Waals surface area contributed by atoms with Gasteiger partial charge in [-0.05, 0) is 26.7 Å². The lowest BCUT2D eigenvalue weighted by Crippen LogP contribution is -2.61. The maximum atomic E-state index is 12.5. The van der Waals surface area contributed by atoms with E-state index < -0.39 is 20.6 Å². The highest BCUT2D eigenvalue weighted by Crippen LogP contribution is 2.31. The summed E-state index contributed by atoms with van der Waals surface area (Å²) in [7, 11) is -3.06. The van der Waals surface area contributed by atoms with Crippen LogP contribution in [0.2, 0.25) is 0 Å². The predicted molar refractivity (Wildman–Crippen MR) is 69.8 cm³/mol. The van der Waals surface area contributed by atoms with E-state index in [1.807, 2.05) is 0 Å². The van der Waals surface area contributed by atoms with Crippen molar-refractivity contribution in [3.63, 3.8) is 0 Å². The van der Waals surface area contributed by atoms with Crippen molar-refractivity contribution in [3.05, 3.63) is 0 Å². The third kappa shape index (κ3) is 2.16. The number of sulfone groups is 1. The van der Waals surface area contributed by atoms with Gasteiger partial charge in [-0.25, -0.2) is 8.42 Å². The van der Waals surface area contributed by atoms with Gasteiger partial charge in [0, 0.05) is 12.6 Å². The van der Waals surface area contributed by atoms with E-state index in [2.05, 4.69) is 0 Å². The first-order valence-corrected chi connectivity index (χ1v) is 8.31. The molecule has 1 aliphatic heterocycles. The quantitative estimate of drug-likeness (QED) is 0.745. The van der Waals surface area contributed by atoms with Crippen LogP contribution < -0.4 is 5.73 Å². The highest BCUT2D eigenvalue weighted by molar-refractivity contribution is 7.92. The van der Waals surface area contributed by atoms with Crippen molar-refractivity contribution >= 4 is 15.7 Å². The van der Waals surface area contributed by atoms with Crippen LogP contribution in [0.4, 0.5) is 0 Å². The summed E-state index contributed by atoms with van der Waals surface area (Å²) in [6, 6.07) is -0.280. The molecule has 2 N–H and O–H groups in total. The molecule has 0 aromatic rings. The molecule has 1 saturated carbocycles. The Kier molecular flexibility index (Phi) is 3.44. The number of hydrogen-bond acceptors (Lipinski definition) is 4. The van der Waals surface area contributed by atoms with E-state index in [1.165, 1.54) is 0 Å². The number of carbonyl (C=O) groups is 1. The molecule has 2 aliphatic rings. The van der Waals surface area contributed by atoms with E-state index >= 15 is 0 Å². The fourth-order valence-electron chi connectivity index (χ4n) is 2.96. The topological polar surface area (TPSA) is 80.5 Å². The van der Waals surface area contributed by atoms with Crippen molar-refractivity contribution in [1.29, 1.82) is 0 Å². The van der Waals surface area contributed by atoms with E-state index in [9.17, 15) is 13.2 Å². The van der Waals surface area contributed by atoms with Gasteiger partial charge in [0.2, 0.25) is 5.91 Å². The van der Waals surface area contributed by atoms with Crippen molar-refractivity contribution in [2.45, 2.75) is 56.4 Å². The minimum absolute atomic E-state index is 0.0559. The van der Waals surface area contributed by atoms with Crippen molar-refractivity contribution in [2.24, 2.45) is 5.73 Å². The van der Waals surface area contributed by atoms with E-state index in [-0.39, 0.29) is 24.2 Å². The van der Waals surface area contributed by atoms with Gasteiger partial charge in [-0.1, -0.05) is 12.8 Å². The Labute approximate surface area is 109 Å². The minimum atomic E-state index is -3.06. The molecule has 2 unspecified atom stereocenters. The summed E-state index contributed by atoms with van der Waals surface area (Å²) in [6.07, 6.45) is 3.41. The summed E-state index contributed by atoms with van der Waals surface area (Å²) in [5.74, 6) is -0.00500. The predicted octanol–water partition coefficient (Wildman–Crippen LogP) is 0.292. The zero-order valence-corrected chi connectivity index (χ0v) is 11.9. The molecule has 1 saturated heterocycles. The molecule has 0 spiro atoms. The van der Waals surface area contributed by atoms with Gasteiger partial charge in [-0.2, -0.15) is 0 Å². The van der Waals surface area contributed by atoms with Gasteiger partial charge in [0.25, 0.3) is 0 Å². The third-order valence-corrected chi connectivity index (χ3v) is 6.82. The Morgan fingerprint density at radius 3 is 2.39 bits per heavy atom. The van der Waals surface area contributed by atoms with Crippen LogP contribution in [0.25, 0.3) is 0 Å². The molecule has 18 heavy (non-hydrogen) atoms. The molecular weight excluding hydrogens is 252 g/mol. The zero-order valence-electron chi connectivity index (χ0n) is 11.1. The number of nitrogens with zero attached hydrogens (tertiary/aromatic N) is 1. The lowest BCUT2D eigenvalue weighted by molar-refractivity contribution is -0.138. The maximum Gasteiger partial charge on any atom is 0.242 e. The highest BCUT2D eigenvalue weighted by atomic mass is 32.2. The van der Waals surface area contributed by atoms with Crippen molar-refractivity contribution in [1.82, 2.24) is 4.90 Å². The molecule has 104 valence electrons. The SMILES string of the molecule is CC1C(C)S(=O)(=O)CCN1C(=O)C1(N)CCCC1. The molecule has 0 aromatic heterocycles. The first-order valence-electron chi connectivity index (χ1n) is 6.59. The number of carbonyl (C=O) groups excluding carboxylic acids is 1. The van der Waals surface area contributed by atoms with Crippen molar-refractivity contribution in [3.8, 4) is 0 Å². The van der Waals surface area contributed by atoms with Crippen LogP contribution in [0, 0.1) is 0 Å². The average molecular weight is 274 g/mol. The maximum absolute atomic E-state index is 12.5. The molecule has 5 nitrogen and oxygen atoms in total. The van der Waals surface area contributed by atoms with Crippen LogP contribution in [-0.2, 0) is 14.6 Å². The standard InChI is InChI=1S/C12H22N2O3S/c1-9-10(2)18(16,17)8-7-14(9)11(15)12(13)5-3-4-6-12/h9-10H,3-8,13H2,1-2H3. The van der Waals surface area contributed by atoms with Gasteiger partial charge in [-0.3, -0.25) is 4.79 Å². The van der Waals surface area contributed by atoms with E-state index in [1.54, 1.807) is 18.7 Å². The molecule has 0 bridgehead atoms. The van der Waals surface area contributed by atoms with Crippen LogP contribution in [0.15, 0.2) is 0 Å². The number of hydrogen-bond donors (Lipinski definition) is 1. The fraction of sp³-hybridized carbons (Fsp3) is 0.917. The van der Waals surface area contributed by atoms with Gasteiger partial charge < -0.3 is 10.6 Å². The molecular formula is C12H22N2O3S. The summed E-state index contributed by atoms with van der Waals surface area (Å²) in [5.41, 5.74) is 5.41. The highest BCUT2D eigenvalue weighted by Gasteiger charge is 2.45. The second-order valence-corrected chi connectivity index (χ2v) is 8.15. The molecule has 6 heteroatoms. The van der Waals surface area contributed by atoms with Gasteiger partial charge in [0.1, 0.15) is 0 Å². The Balaban J connectivity index is 2.17. The number of nitrogens with two attached hydrogens (primary N) is 1. The molecule has 2 rings (SSSR count). The second kappa shape index (κ2) is 4.49. The smallest absolute Gasteiger partial charge is 0.242 e. The molecule has 0 radical (unpaired) electrons. The Hall–Kier alpha value is -0.620. The number of amides is 1. The van der Waals surface area contributed by atoms with Crippen molar-refractivity contribution < 1.29 is 13.2 Å². The van der Waals surface area contributed by atoms with Crippen LogP contribution >= 0.6 is 0 Å². The molecule has 0 aromatic carbocycles. The van der Waals surface area contributed by atoms with E-state index in [0.717, 1.165) is 25.7 Å². The summed E-state index contributed by atoms with van der Waals surface area (Å²) >= 11 is 0. The summed E-state index contributed by atoms with van der Waals surface area (Å²) in [5, 5.41) is -0.500. The Bertz CT molecular complexity index is 440. The summed E-state index contributed by atoms with van der Waals surface area (Å²) < 4.78 is 23.6. The monoisotopic (exact) mass is 274 g/mol. The Morgan fingerprint density at radius 2 is 1.83 bits per heavy atom. The second-order valence-electron chi connectivity index (χ2n) is 5.67. The lowest BCUT2D eigenvalue weighted by atomic mass is 9.96. The average Bonchev–Trinajstić information content (AvgIpc) is 2.74. The van der Waals surface area contributed by atoms with Gasteiger partial charge >= 0.3 is 0 Å². The Morgan fingerprint density at radius 1 is 1.28 bits per heavy atom. The summed E-state index contributed by atoms with van der Waals surface area (Å²) in [6.45, 7) is 3.76. The summed E-state index contributed by atoms with van der Waals surface area (Å²) in [4.78, 5) is 14.2. The molecule has 1 amide bonds. The van der Waals surface area contributed by atoms with Crippen LogP contribution in [0.5, 0.6) is 0 Å². The first kappa shape index (κ1) is 13.8. The first-order chi connectivity index (χ1) is 8.28. The van der Waals surface area contributed by atoms with E-state index in [0.29, 0.717) is 0 Å². The molecule has 1 aliphatic carbocycles. The number of rotatable bonds is 1. The third-order valence-electron chi connectivity index (χ3n) is 4.54. The van der Waals surface area contributed by atoms with E-state index in [4.69, 9.17) is 5.73 Å². The largest absolute Gasteiger partial charge is 0.336 e. The molecule has 1 heterocycles. The normalized spacial score (nSPS) is 34.5. The van der Waals surface area contributed by atoms with Gasteiger partial charge in [-0.15, -0.1) is 0 Å². The van der Waals surface area contributed by atoms with Crippen LogP contribution in [0.3, 0.4) is 0 Å². The minimum Gasteiger partial charge on any atom is -0.336 e. The molecule has 2 fully saturated rings.